The van der Waals surface area contributed by atoms with Crippen molar-refractivity contribution < 1.29 is 0 Å². The van der Waals surface area contributed by atoms with Gasteiger partial charge in [0.25, 0.3) is 0 Å². The zero-order valence-electron chi connectivity index (χ0n) is 11.0. The van der Waals surface area contributed by atoms with Crippen molar-refractivity contribution in [3.63, 3.8) is 0 Å². The Morgan fingerprint density at radius 3 is 3.00 bits per heavy atom. The topological polar surface area (TPSA) is 50.4 Å². The van der Waals surface area contributed by atoms with Crippen LogP contribution in [0.15, 0.2) is 35.7 Å². The van der Waals surface area contributed by atoms with Crippen LogP contribution in [0.3, 0.4) is 0 Å². The number of hydrogen-bond donors (Lipinski definition) is 1. The Bertz CT molecular complexity index is 741. The first kappa shape index (κ1) is 11.5. The van der Waals surface area contributed by atoms with E-state index in [4.69, 9.17) is 0 Å². The fourth-order valence-corrected chi connectivity index (χ4v) is 2.22. The maximum Gasteiger partial charge on any atom is 0.153 e. The Morgan fingerprint density at radius 2 is 2.26 bits per heavy atom. The summed E-state index contributed by atoms with van der Waals surface area (Å²) in [6, 6.07) is 4.16. The first-order valence-corrected chi connectivity index (χ1v) is 6.02. The van der Waals surface area contributed by atoms with Crippen molar-refractivity contribution in [2.45, 2.75) is 6.92 Å². The van der Waals surface area contributed by atoms with Crippen molar-refractivity contribution in [1.29, 1.82) is 0 Å². The van der Waals surface area contributed by atoms with Crippen LogP contribution >= 0.6 is 0 Å². The van der Waals surface area contributed by atoms with Crippen LogP contribution in [-0.2, 0) is 7.05 Å². The van der Waals surface area contributed by atoms with E-state index in [1.54, 1.807) is 12.4 Å². The van der Waals surface area contributed by atoms with Crippen LogP contribution in [0, 0.1) is 6.92 Å². The third-order valence-electron chi connectivity index (χ3n) is 3.39. The standard InChI is InChI=1S/C14H15N5/c1-10-11(4-5-15-2)8-13(18(10)3)12-9-14-16-6-7-19(14)17-12/h4-9,17H,2H2,1,3H3/b5-4-. The summed E-state index contributed by atoms with van der Waals surface area (Å²) in [7, 11) is 2.05. The van der Waals surface area contributed by atoms with Crippen LogP contribution in [0.4, 0.5) is 0 Å². The number of fused-ring (bicyclic) bond motifs is 1. The normalized spacial score (nSPS) is 11.7. The number of H-pyrrole nitrogens is 1. The lowest BCUT2D eigenvalue weighted by molar-refractivity contribution is 0.877. The summed E-state index contributed by atoms with van der Waals surface area (Å²) in [5, 5.41) is 3.30. The van der Waals surface area contributed by atoms with Crippen molar-refractivity contribution in [3.05, 3.63) is 42.0 Å². The van der Waals surface area contributed by atoms with Gasteiger partial charge in [0, 0.05) is 37.4 Å². The summed E-state index contributed by atoms with van der Waals surface area (Å²) >= 11 is 0. The fraction of sp³-hybridized carbons (Fsp3) is 0.143. The molecule has 19 heavy (non-hydrogen) atoms. The maximum absolute atomic E-state index is 4.26. The summed E-state index contributed by atoms with van der Waals surface area (Å²) in [5.74, 6) is 0. The van der Waals surface area contributed by atoms with E-state index in [0.29, 0.717) is 0 Å². The van der Waals surface area contributed by atoms with Crippen molar-refractivity contribution >= 4 is 18.4 Å². The summed E-state index contributed by atoms with van der Waals surface area (Å²) in [5.41, 5.74) is 5.39. The molecule has 0 saturated heterocycles. The monoisotopic (exact) mass is 253 g/mol. The number of imidazole rings is 1. The molecule has 0 amide bonds. The molecule has 0 bridgehead atoms. The molecule has 0 unspecified atom stereocenters. The highest BCUT2D eigenvalue weighted by molar-refractivity contribution is 5.67. The zero-order chi connectivity index (χ0) is 13.4. The summed E-state index contributed by atoms with van der Waals surface area (Å²) in [6.45, 7) is 5.54. The molecule has 1 N–H and O–H groups in total. The van der Waals surface area contributed by atoms with Crippen molar-refractivity contribution in [1.82, 2.24) is 19.2 Å². The Morgan fingerprint density at radius 1 is 1.42 bits per heavy atom. The molecule has 0 aliphatic carbocycles. The third-order valence-corrected chi connectivity index (χ3v) is 3.39. The molecular formula is C14H15N5. The van der Waals surface area contributed by atoms with Gasteiger partial charge in [-0.2, -0.15) is 0 Å². The molecule has 96 valence electrons. The largest absolute Gasteiger partial charge is 0.346 e. The minimum Gasteiger partial charge on any atom is -0.346 e. The number of rotatable bonds is 3. The summed E-state index contributed by atoms with van der Waals surface area (Å²) in [6.07, 6.45) is 7.33. The van der Waals surface area contributed by atoms with E-state index in [1.165, 1.54) is 5.69 Å². The molecule has 5 nitrogen and oxygen atoms in total. The highest BCUT2D eigenvalue weighted by atomic mass is 15.3. The number of hydrogen-bond acceptors (Lipinski definition) is 2. The third kappa shape index (κ3) is 1.79. The minimum atomic E-state index is 0.915. The molecule has 0 fully saturated rings. The molecule has 0 spiro atoms. The van der Waals surface area contributed by atoms with Gasteiger partial charge < -0.3 is 4.57 Å². The van der Waals surface area contributed by atoms with E-state index in [1.807, 2.05) is 29.9 Å². The number of nitrogens with zero attached hydrogens (tertiary/aromatic N) is 4. The van der Waals surface area contributed by atoms with Gasteiger partial charge in [-0.25, -0.2) is 9.50 Å². The van der Waals surface area contributed by atoms with Gasteiger partial charge in [0.15, 0.2) is 5.65 Å². The Labute approximate surface area is 110 Å². The SMILES string of the molecule is C=N/C=C\c1cc(-c2cc3nccn3[nH]2)n(C)c1C. The van der Waals surface area contributed by atoms with Gasteiger partial charge >= 0.3 is 0 Å². The minimum absolute atomic E-state index is 0.915. The molecule has 0 saturated carbocycles. The second-order valence-corrected chi connectivity index (χ2v) is 4.45. The molecule has 3 aromatic rings. The quantitative estimate of drug-likeness (QED) is 0.717. The van der Waals surface area contributed by atoms with Crippen LogP contribution in [-0.4, -0.2) is 25.9 Å². The van der Waals surface area contributed by atoms with Crippen LogP contribution in [0.2, 0.25) is 0 Å². The van der Waals surface area contributed by atoms with Crippen molar-refractivity contribution in [2.75, 3.05) is 0 Å². The van der Waals surface area contributed by atoms with E-state index in [9.17, 15) is 0 Å². The number of aromatic nitrogens is 4. The molecule has 0 radical (unpaired) electrons. The fourth-order valence-electron chi connectivity index (χ4n) is 2.22. The van der Waals surface area contributed by atoms with Gasteiger partial charge in [-0.05, 0) is 31.3 Å². The zero-order valence-corrected chi connectivity index (χ0v) is 11.0. The lowest BCUT2D eigenvalue weighted by Gasteiger charge is -2.02. The second kappa shape index (κ2) is 4.28. The van der Waals surface area contributed by atoms with Gasteiger partial charge in [0.2, 0.25) is 0 Å². The first-order valence-electron chi connectivity index (χ1n) is 6.02. The highest BCUT2D eigenvalue weighted by Gasteiger charge is 2.11. The first-order chi connectivity index (χ1) is 9.20. The van der Waals surface area contributed by atoms with E-state index in [2.05, 4.69) is 39.3 Å². The van der Waals surface area contributed by atoms with Gasteiger partial charge in [0.05, 0.1) is 11.4 Å². The predicted octanol–water partition coefficient (Wildman–Crippen LogP) is 2.65. The molecule has 0 aliphatic rings. The van der Waals surface area contributed by atoms with Crippen molar-refractivity contribution in [3.8, 4) is 11.4 Å². The number of aromatic amines is 1. The molecule has 0 aromatic carbocycles. The van der Waals surface area contributed by atoms with Crippen LogP contribution in [0.1, 0.15) is 11.3 Å². The number of nitrogens with one attached hydrogen (secondary N) is 1. The molecule has 3 rings (SSSR count). The lowest BCUT2D eigenvalue weighted by atomic mass is 10.2. The number of aliphatic imine (C=N–C) groups is 1. The van der Waals surface area contributed by atoms with E-state index >= 15 is 0 Å². The molecule has 3 heterocycles. The molecule has 5 heteroatoms. The van der Waals surface area contributed by atoms with Crippen molar-refractivity contribution in [2.24, 2.45) is 12.0 Å². The molecule has 0 aliphatic heterocycles. The second-order valence-electron chi connectivity index (χ2n) is 4.45. The summed E-state index contributed by atoms with van der Waals surface area (Å²) < 4.78 is 4.05. The predicted molar refractivity (Wildman–Crippen MR) is 77.3 cm³/mol. The Hall–Kier alpha value is -2.56. The Kier molecular flexibility index (Phi) is 2.59. The van der Waals surface area contributed by atoms with Gasteiger partial charge in [-0.15, -0.1) is 0 Å². The molecular weight excluding hydrogens is 238 g/mol. The van der Waals surface area contributed by atoms with Gasteiger partial charge in [-0.3, -0.25) is 10.1 Å². The van der Waals surface area contributed by atoms with E-state index in [-0.39, 0.29) is 0 Å². The average Bonchev–Trinajstić information content (AvgIpc) is 3.04. The van der Waals surface area contributed by atoms with E-state index < -0.39 is 0 Å². The van der Waals surface area contributed by atoms with Gasteiger partial charge in [-0.1, -0.05) is 0 Å². The van der Waals surface area contributed by atoms with Crippen LogP contribution in [0.5, 0.6) is 0 Å². The average molecular weight is 253 g/mol. The maximum atomic E-state index is 4.26. The highest BCUT2D eigenvalue weighted by Crippen LogP contribution is 2.25. The van der Waals surface area contributed by atoms with Gasteiger partial charge in [0.1, 0.15) is 0 Å². The summed E-state index contributed by atoms with van der Waals surface area (Å²) in [4.78, 5) is 8.01. The molecule has 0 atom stereocenters. The van der Waals surface area contributed by atoms with E-state index in [0.717, 1.165) is 22.6 Å². The Balaban J connectivity index is 2.12. The lowest BCUT2D eigenvalue weighted by Crippen LogP contribution is -1.94. The van der Waals surface area contributed by atoms with Crippen LogP contribution < -0.4 is 0 Å². The smallest absolute Gasteiger partial charge is 0.153 e. The molecule has 3 aromatic heterocycles. The van der Waals surface area contributed by atoms with Crippen LogP contribution in [0.25, 0.3) is 23.1 Å².